The molecule has 5 heteroatoms. The Morgan fingerprint density at radius 2 is 1.69 bits per heavy atom. The van der Waals surface area contributed by atoms with Crippen molar-refractivity contribution in [2.45, 2.75) is 71.0 Å². The van der Waals surface area contributed by atoms with Gasteiger partial charge in [-0.15, -0.1) is 0 Å². The lowest BCUT2D eigenvalue weighted by Crippen LogP contribution is -2.21. The van der Waals surface area contributed by atoms with Crippen LogP contribution in [0.4, 0.5) is 13.2 Å². The van der Waals surface area contributed by atoms with E-state index in [-0.39, 0.29) is 30.2 Å². The summed E-state index contributed by atoms with van der Waals surface area (Å²) in [7, 11) is 0. The van der Waals surface area contributed by atoms with Crippen LogP contribution in [0.1, 0.15) is 68.6 Å². The molecule has 0 radical (unpaired) electrons. The van der Waals surface area contributed by atoms with Gasteiger partial charge >= 0.3 is 0 Å². The Morgan fingerprint density at radius 1 is 0.931 bits per heavy atom. The second kappa shape index (κ2) is 10.1. The molecule has 0 heterocycles. The van der Waals surface area contributed by atoms with Crippen LogP contribution in [0.2, 0.25) is 0 Å². The van der Waals surface area contributed by atoms with E-state index in [1.54, 1.807) is 25.1 Å². The summed E-state index contributed by atoms with van der Waals surface area (Å²) in [5, 5.41) is 0. The van der Waals surface area contributed by atoms with Crippen LogP contribution in [0.15, 0.2) is 30.3 Å². The van der Waals surface area contributed by atoms with Crippen molar-refractivity contribution in [3.63, 3.8) is 0 Å². The van der Waals surface area contributed by atoms with Gasteiger partial charge in [-0.3, -0.25) is 0 Å². The molecule has 2 aromatic carbocycles. The topological polar surface area (TPSA) is 18.5 Å². The van der Waals surface area contributed by atoms with Crippen LogP contribution in [0, 0.1) is 17.5 Å². The summed E-state index contributed by atoms with van der Waals surface area (Å²) in [6, 6.07) is 8.46. The van der Waals surface area contributed by atoms with Gasteiger partial charge in [0.2, 0.25) is 5.82 Å². The van der Waals surface area contributed by atoms with E-state index in [9.17, 15) is 13.2 Å². The summed E-state index contributed by atoms with van der Waals surface area (Å²) in [5.41, 5.74) is 1.97. The lowest BCUT2D eigenvalue weighted by molar-refractivity contribution is 0.0118. The maximum Gasteiger partial charge on any atom is 0.200 e. The standard InChI is InChI=1S/C24H29F3O2/c1-3-5-16-6-7-18(21(25)14-16)15-29-19-10-8-17(9-11-19)20-12-13-22(28-4-2)24(27)23(20)26/h6-7,12-14,17,19H,3-5,8-11,15H2,1-2H3. The molecule has 29 heavy (non-hydrogen) atoms. The van der Waals surface area contributed by atoms with Crippen LogP contribution in [0.25, 0.3) is 0 Å². The van der Waals surface area contributed by atoms with Crippen LogP contribution in [0.3, 0.4) is 0 Å². The minimum atomic E-state index is -0.912. The van der Waals surface area contributed by atoms with Gasteiger partial charge in [-0.25, -0.2) is 8.78 Å². The van der Waals surface area contributed by atoms with E-state index < -0.39 is 11.6 Å². The molecule has 0 bridgehead atoms. The van der Waals surface area contributed by atoms with E-state index in [1.165, 1.54) is 6.07 Å². The van der Waals surface area contributed by atoms with E-state index >= 15 is 0 Å². The van der Waals surface area contributed by atoms with Gasteiger partial charge in [0.05, 0.1) is 19.3 Å². The Bertz CT molecular complexity index is 814. The number of rotatable bonds is 8. The van der Waals surface area contributed by atoms with Crippen molar-refractivity contribution in [2.24, 2.45) is 0 Å². The fourth-order valence-electron chi connectivity index (χ4n) is 4.03. The van der Waals surface area contributed by atoms with Gasteiger partial charge in [0.15, 0.2) is 11.6 Å². The molecule has 1 saturated carbocycles. The van der Waals surface area contributed by atoms with Crippen LogP contribution in [-0.4, -0.2) is 12.7 Å². The molecular formula is C24H29F3O2. The summed E-state index contributed by atoms with van der Waals surface area (Å²) < 4.78 is 53.8. The van der Waals surface area contributed by atoms with Crippen molar-refractivity contribution in [3.05, 3.63) is 64.5 Å². The maximum absolute atomic E-state index is 14.4. The normalized spacial score (nSPS) is 19.3. The Balaban J connectivity index is 1.54. The van der Waals surface area contributed by atoms with Crippen LogP contribution in [-0.2, 0) is 17.8 Å². The lowest BCUT2D eigenvalue weighted by atomic mass is 9.82. The van der Waals surface area contributed by atoms with E-state index in [2.05, 4.69) is 6.92 Å². The third-order valence-electron chi connectivity index (χ3n) is 5.62. The van der Waals surface area contributed by atoms with E-state index in [0.717, 1.165) is 31.2 Å². The molecule has 2 nitrogen and oxygen atoms in total. The second-order valence-electron chi connectivity index (χ2n) is 7.67. The summed E-state index contributed by atoms with van der Waals surface area (Å²) >= 11 is 0. The zero-order valence-electron chi connectivity index (χ0n) is 17.1. The van der Waals surface area contributed by atoms with Crippen LogP contribution >= 0.6 is 0 Å². The van der Waals surface area contributed by atoms with Crippen molar-refractivity contribution in [3.8, 4) is 5.75 Å². The third-order valence-corrected chi connectivity index (χ3v) is 5.62. The molecule has 1 aliphatic carbocycles. The van der Waals surface area contributed by atoms with E-state index in [4.69, 9.17) is 9.47 Å². The van der Waals surface area contributed by atoms with Crippen molar-refractivity contribution < 1.29 is 22.6 Å². The molecular weight excluding hydrogens is 377 g/mol. The highest BCUT2D eigenvalue weighted by Crippen LogP contribution is 2.37. The molecule has 1 fully saturated rings. The highest BCUT2D eigenvalue weighted by molar-refractivity contribution is 5.33. The highest BCUT2D eigenvalue weighted by Gasteiger charge is 2.27. The third kappa shape index (κ3) is 5.33. The molecule has 2 aromatic rings. The highest BCUT2D eigenvalue weighted by atomic mass is 19.2. The second-order valence-corrected chi connectivity index (χ2v) is 7.67. The van der Waals surface area contributed by atoms with Gasteiger partial charge in [0, 0.05) is 5.56 Å². The number of hydrogen-bond acceptors (Lipinski definition) is 2. The number of halogens is 3. The number of hydrogen-bond donors (Lipinski definition) is 0. The Hall–Kier alpha value is -2.01. The van der Waals surface area contributed by atoms with Crippen molar-refractivity contribution in [1.29, 1.82) is 0 Å². The smallest absolute Gasteiger partial charge is 0.200 e. The van der Waals surface area contributed by atoms with Crippen LogP contribution in [0.5, 0.6) is 5.75 Å². The molecule has 3 rings (SSSR count). The summed E-state index contributed by atoms with van der Waals surface area (Å²) in [5.74, 6) is -2.03. The molecule has 0 aliphatic heterocycles. The average molecular weight is 406 g/mol. The molecule has 0 N–H and O–H groups in total. The molecule has 0 spiro atoms. The fourth-order valence-corrected chi connectivity index (χ4v) is 4.03. The van der Waals surface area contributed by atoms with Crippen molar-refractivity contribution in [2.75, 3.05) is 6.61 Å². The Morgan fingerprint density at radius 3 is 2.34 bits per heavy atom. The van der Waals surface area contributed by atoms with Gasteiger partial charge in [-0.2, -0.15) is 4.39 Å². The van der Waals surface area contributed by atoms with Gasteiger partial charge in [-0.1, -0.05) is 31.5 Å². The number of aryl methyl sites for hydroxylation is 1. The first-order valence-corrected chi connectivity index (χ1v) is 10.5. The largest absolute Gasteiger partial charge is 0.491 e. The predicted octanol–water partition coefficient (Wildman–Crippen LogP) is 6.70. The molecule has 1 aliphatic rings. The first-order chi connectivity index (χ1) is 14.0. The number of ether oxygens (including phenoxy) is 2. The SMILES string of the molecule is CCCc1ccc(COC2CCC(c3ccc(OCC)c(F)c3F)CC2)c(F)c1. The Kier molecular flexibility index (Phi) is 7.59. The quantitative estimate of drug-likeness (QED) is 0.486. The predicted molar refractivity (Wildman–Crippen MR) is 108 cm³/mol. The van der Waals surface area contributed by atoms with Gasteiger partial charge in [0.1, 0.15) is 5.82 Å². The summed E-state index contributed by atoms with van der Waals surface area (Å²) in [6.07, 6.45) is 4.78. The lowest BCUT2D eigenvalue weighted by Gasteiger charge is -2.29. The minimum absolute atomic E-state index is 0.0107. The van der Waals surface area contributed by atoms with Crippen LogP contribution < -0.4 is 4.74 Å². The van der Waals surface area contributed by atoms with E-state index in [0.29, 0.717) is 30.6 Å². The molecule has 158 valence electrons. The first-order valence-electron chi connectivity index (χ1n) is 10.5. The average Bonchev–Trinajstić information content (AvgIpc) is 2.72. The molecule has 0 aromatic heterocycles. The molecule has 0 saturated heterocycles. The molecule has 0 amide bonds. The Labute approximate surface area is 171 Å². The first kappa shape index (κ1) is 21.7. The fraction of sp³-hybridized carbons (Fsp3) is 0.500. The maximum atomic E-state index is 14.4. The zero-order chi connectivity index (χ0) is 20.8. The zero-order valence-corrected chi connectivity index (χ0v) is 17.1. The molecule has 0 atom stereocenters. The monoisotopic (exact) mass is 406 g/mol. The molecule has 0 unspecified atom stereocenters. The summed E-state index contributed by atoms with van der Waals surface area (Å²) in [6.45, 7) is 4.33. The van der Waals surface area contributed by atoms with Gasteiger partial charge in [-0.05, 0) is 68.2 Å². The van der Waals surface area contributed by atoms with Crippen molar-refractivity contribution in [1.82, 2.24) is 0 Å². The van der Waals surface area contributed by atoms with Crippen molar-refractivity contribution >= 4 is 0 Å². The van der Waals surface area contributed by atoms with E-state index in [1.807, 2.05) is 6.07 Å². The van der Waals surface area contributed by atoms with Gasteiger partial charge in [0.25, 0.3) is 0 Å². The van der Waals surface area contributed by atoms with Gasteiger partial charge < -0.3 is 9.47 Å². The number of benzene rings is 2. The summed E-state index contributed by atoms with van der Waals surface area (Å²) in [4.78, 5) is 0. The minimum Gasteiger partial charge on any atom is -0.491 e.